The van der Waals surface area contributed by atoms with Crippen LogP contribution in [0.2, 0.25) is 0 Å². The largest absolute Gasteiger partial charge is 0.469 e. The van der Waals surface area contributed by atoms with Crippen molar-refractivity contribution in [2.45, 2.75) is 24.8 Å². The highest BCUT2D eigenvalue weighted by Crippen LogP contribution is 2.09. The Morgan fingerprint density at radius 3 is 2.56 bits per heavy atom. The smallest absolute Gasteiger partial charge is 0.238 e. The van der Waals surface area contributed by atoms with Gasteiger partial charge in [0.2, 0.25) is 10.0 Å². The molecule has 0 atom stereocenters. The van der Waals surface area contributed by atoms with E-state index in [1.54, 1.807) is 18.4 Å². The first-order chi connectivity index (χ1) is 13.0. The number of guanidine groups is 1. The fourth-order valence-electron chi connectivity index (χ4n) is 2.27. The second-order valence-corrected chi connectivity index (χ2v) is 7.30. The third-order valence-electron chi connectivity index (χ3n) is 3.66. The van der Waals surface area contributed by atoms with Crippen LogP contribution in [0.1, 0.15) is 18.2 Å². The van der Waals surface area contributed by atoms with Crippen molar-refractivity contribution in [3.63, 3.8) is 0 Å². The average molecular weight is 394 g/mol. The molecule has 0 aliphatic carbocycles. The molecule has 0 amide bonds. The first kappa shape index (κ1) is 20.9. The molecule has 148 valence electrons. The number of nitrogens with one attached hydrogen (secondary N) is 2. The Kier molecular flexibility index (Phi) is 8.31. The summed E-state index contributed by atoms with van der Waals surface area (Å²) in [4.78, 5) is 4.61. The molecule has 1 aromatic heterocycles. The molecule has 1 aromatic carbocycles. The summed E-state index contributed by atoms with van der Waals surface area (Å²) in [7, 11) is -3.69. The van der Waals surface area contributed by atoms with Gasteiger partial charge in [-0.3, -0.25) is 0 Å². The van der Waals surface area contributed by atoms with E-state index < -0.39 is 10.0 Å². The molecule has 27 heavy (non-hydrogen) atoms. The lowest BCUT2D eigenvalue weighted by Crippen LogP contribution is -2.40. The predicted molar refractivity (Wildman–Crippen MR) is 104 cm³/mol. The van der Waals surface area contributed by atoms with Crippen molar-refractivity contribution in [3.05, 3.63) is 54.0 Å². The van der Waals surface area contributed by atoms with E-state index in [9.17, 15) is 8.42 Å². The fourth-order valence-corrected chi connectivity index (χ4v) is 2.79. The van der Waals surface area contributed by atoms with Crippen LogP contribution in [0, 0.1) is 0 Å². The van der Waals surface area contributed by atoms with E-state index >= 15 is 0 Å². The number of ether oxygens (including phenoxy) is 1. The lowest BCUT2D eigenvalue weighted by Gasteiger charge is -2.12. The molecule has 2 aromatic rings. The van der Waals surface area contributed by atoms with Gasteiger partial charge in [0, 0.05) is 26.1 Å². The quantitative estimate of drug-likeness (QED) is 0.317. The first-order valence-corrected chi connectivity index (χ1v) is 10.3. The van der Waals surface area contributed by atoms with Gasteiger partial charge >= 0.3 is 0 Å². The van der Waals surface area contributed by atoms with Gasteiger partial charge in [-0.1, -0.05) is 12.1 Å². The third-order valence-corrected chi connectivity index (χ3v) is 4.59. The molecule has 0 radical (unpaired) electrons. The maximum absolute atomic E-state index is 11.3. The molecule has 1 heterocycles. The number of nitrogens with two attached hydrogens (primary N) is 1. The van der Waals surface area contributed by atoms with E-state index in [4.69, 9.17) is 14.3 Å². The molecule has 2 rings (SSSR count). The Balaban J connectivity index is 1.93. The van der Waals surface area contributed by atoms with Crippen molar-refractivity contribution in [3.8, 4) is 0 Å². The molecule has 0 saturated carbocycles. The summed E-state index contributed by atoms with van der Waals surface area (Å²) in [6.07, 6.45) is 2.39. The minimum Gasteiger partial charge on any atom is -0.469 e. The van der Waals surface area contributed by atoms with E-state index in [0.29, 0.717) is 38.8 Å². The molecular formula is C18H26N4O4S. The molecular weight excluding hydrogens is 368 g/mol. The van der Waals surface area contributed by atoms with Gasteiger partial charge < -0.3 is 19.8 Å². The zero-order chi connectivity index (χ0) is 19.5. The first-order valence-electron chi connectivity index (χ1n) is 8.73. The monoisotopic (exact) mass is 394 g/mol. The Hall–Kier alpha value is -2.36. The van der Waals surface area contributed by atoms with Crippen LogP contribution in [0.3, 0.4) is 0 Å². The van der Waals surface area contributed by atoms with Crippen LogP contribution in [0.15, 0.2) is 57.0 Å². The molecule has 0 fully saturated rings. The topological polar surface area (TPSA) is 119 Å². The Morgan fingerprint density at radius 1 is 1.19 bits per heavy atom. The van der Waals surface area contributed by atoms with Crippen molar-refractivity contribution < 1.29 is 17.6 Å². The van der Waals surface area contributed by atoms with E-state index in [2.05, 4.69) is 15.6 Å². The van der Waals surface area contributed by atoms with Gasteiger partial charge in [0.25, 0.3) is 0 Å². The van der Waals surface area contributed by atoms with Gasteiger partial charge in [-0.25, -0.2) is 18.5 Å². The molecule has 8 nitrogen and oxygen atoms in total. The highest BCUT2D eigenvalue weighted by atomic mass is 32.2. The normalized spacial score (nSPS) is 12.1. The van der Waals surface area contributed by atoms with Crippen molar-refractivity contribution in [1.29, 1.82) is 0 Å². The molecule has 0 aliphatic heterocycles. The lowest BCUT2D eigenvalue weighted by molar-refractivity contribution is 0.152. The van der Waals surface area contributed by atoms with Crippen LogP contribution < -0.4 is 15.8 Å². The van der Waals surface area contributed by atoms with Crippen LogP contribution in [-0.2, 0) is 27.7 Å². The van der Waals surface area contributed by atoms with Crippen molar-refractivity contribution in [1.82, 2.24) is 10.6 Å². The summed E-state index contributed by atoms with van der Waals surface area (Å²) >= 11 is 0. The number of aliphatic imine (C=N–C) groups is 1. The highest BCUT2D eigenvalue weighted by Gasteiger charge is 2.06. The Morgan fingerprint density at radius 2 is 1.93 bits per heavy atom. The van der Waals surface area contributed by atoms with E-state index in [1.807, 2.05) is 19.1 Å². The standard InChI is InChI=1S/C18H26N4O4S/c1-2-25-13-11-21-18(20-10-9-16-4-3-12-26-16)22-14-15-5-7-17(8-6-15)27(19,23)24/h3-8,12H,2,9-11,13-14H2,1H3,(H2,19,23,24)(H2,20,21,22). The number of nitrogens with zero attached hydrogens (tertiary/aromatic N) is 1. The van der Waals surface area contributed by atoms with Crippen LogP contribution in [0.4, 0.5) is 0 Å². The van der Waals surface area contributed by atoms with E-state index in [0.717, 1.165) is 17.7 Å². The van der Waals surface area contributed by atoms with E-state index in [1.165, 1.54) is 12.1 Å². The van der Waals surface area contributed by atoms with Crippen LogP contribution in [0.5, 0.6) is 0 Å². The highest BCUT2D eigenvalue weighted by molar-refractivity contribution is 7.89. The maximum Gasteiger partial charge on any atom is 0.238 e. The number of hydrogen-bond acceptors (Lipinski definition) is 5. The van der Waals surface area contributed by atoms with Gasteiger partial charge in [-0.05, 0) is 36.8 Å². The van der Waals surface area contributed by atoms with Gasteiger partial charge in [-0.2, -0.15) is 0 Å². The van der Waals surface area contributed by atoms with Gasteiger partial charge in [0.05, 0.1) is 24.3 Å². The van der Waals surface area contributed by atoms with Gasteiger partial charge in [-0.15, -0.1) is 0 Å². The summed E-state index contributed by atoms with van der Waals surface area (Å²) in [5.41, 5.74) is 0.874. The predicted octanol–water partition coefficient (Wildman–Crippen LogP) is 1.24. The molecule has 0 aliphatic rings. The second kappa shape index (κ2) is 10.7. The fraction of sp³-hybridized carbons (Fsp3) is 0.389. The zero-order valence-electron chi connectivity index (χ0n) is 15.3. The molecule has 0 saturated heterocycles. The zero-order valence-corrected chi connectivity index (χ0v) is 16.2. The molecule has 9 heteroatoms. The van der Waals surface area contributed by atoms with Crippen molar-refractivity contribution in [2.75, 3.05) is 26.3 Å². The summed E-state index contributed by atoms with van der Waals surface area (Å²) in [5, 5.41) is 11.6. The van der Waals surface area contributed by atoms with Crippen molar-refractivity contribution >= 4 is 16.0 Å². The third kappa shape index (κ3) is 7.81. The van der Waals surface area contributed by atoms with Gasteiger partial charge in [0.15, 0.2) is 5.96 Å². The molecule has 4 N–H and O–H groups in total. The molecule has 0 bridgehead atoms. The summed E-state index contributed by atoms with van der Waals surface area (Å²) in [5.74, 6) is 1.55. The van der Waals surface area contributed by atoms with Crippen LogP contribution in [0.25, 0.3) is 0 Å². The minimum absolute atomic E-state index is 0.0851. The van der Waals surface area contributed by atoms with Crippen LogP contribution in [-0.4, -0.2) is 40.7 Å². The number of primary sulfonamides is 1. The Bertz CT molecular complexity index is 802. The molecule has 0 unspecified atom stereocenters. The molecule has 0 spiro atoms. The summed E-state index contributed by atoms with van der Waals surface area (Å²) < 4.78 is 33.3. The maximum atomic E-state index is 11.3. The number of rotatable bonds is 10. The minimum atomic E-state index is -3.69. The van der Waals surface area contributed by atoms with Crippen molar-refractivity contribution in [2.24, 2.45) is 10.1 Å². The number of hydrogen-bond donors (Lipinski definition) is 3. The Labute approximate surface area is 159 Å². The van der Waals surface area contributed by atoms with E-state index in [-0.39, 0.29) is 4.90 Å². The van der Waals surface area contributed by atoms with Crippen LogP contribution >= 0.6 is 0 Å². The summed E-state index contributed by atoms with van der Waals surface area (Å²) in [6.45, 7) is 4.88. The number of sulfonamides is 1. The summed E-state index contributed by atoms with van der Waals surface area (Å²) in [6, 6.07) is 10.1. The second-order valence-electron chi connectivity index (χ2n) is 5.73. The lowest BCUT2D eigenvalue weighted by atomic mass is 10.2. The average Bonchev–Trinajstić information content (AvgIpc) is 3.15. The number of benzene rings is 1. The number of furan rings is 1. The SMILES string of the molecule is CCOCCNC(=NCc1ccc(S(N)(=O)=O)cc1)NCCc1ccco1. The van der Waals surface area contributed by atoms with Gasteiger partial charge in [0.1, 0.15) is 5.76 Å².